The highest BCUT2D eigenvalue weighted by molar-refractivity contribution is 7.10. The van der Waals surface area contributed by atoms with Gasteiger partial charge in [-0.2, -0.15) is 5.10 Å². The van der Waals surface area contributed by atoms with Crippen LogP contribution in [0.1, 0.15) is 21.3 Å². The number of hydrogen-bond donors (Lipinski definition) is 1. The Balaban J connectivity index is 1.75. The first-order chi connectivity index (χ1) is 13.0. The average Bonchev–Trinajstić information content (AvgIpc) is 3.18. The Morgan fingerprint density at radius 3 is 2.70 bits per heavy atom. The molecule has 140 valence electrons. The second-order valence-electron chi connectivity index (χ2n) is 6.47. The lowest BCUT2D eigenvalue weighted by molar-refractivity contribution is 0.0942. The Morgan fingerprint density at radius 1 is 1.22 bits per heavy atom. The SMILES string of the molecule is CN(C)[C@@H](CNC(=O)c1cccc(-c2ccc(=O)n(C)n2)c1)c1cccs1. The predicted molar refractivity (Wildman–Crippen MR) is 108 cm³/mol. The van der Waals surface area contributed by atoms with Gasteiger partial charge in [-0.15, -0.1) is 11.3 Å². The van der Waals surface area contributed by atoms with Crippen molar-refractivity contribution in [3.05, 3.63) is 74.7 Å². The standard InChI is InChI=1S/C20H22N4O2S/c1-23(2)17(18-8-5-11-27-18)13-21-20(26)15-7-4-6-14(12-15)16-9-10-19(25)24(3)22-16/h4-12,17H,13H2,1-3H3,(H,21,26)/t17-/m0/s1. The predicted octanol–water partition coefficient (Wildman–Crippen LogP) is 2.54. The third kappa shape index (κ3) is 4.50. The number of likely N-dealkylation sites (N-methyl/N-ethyl adjacent to an activating group) is 1. The second-order valence-corrected chi connectivity index (χ2v) is 7.45. The number of nitrogens with zero attached hydrogens (tertiary/aromatic N) is 3. The molecule has 1 aromatic carbocycles. The van der Waals surface area contributed by atoms with E-state index in [0.717, 1.165) is 5.56 Å². The molecule has 0 saturated carbocycles. The van der Waals surface area contributed by atoms with Gasteiger partial charge in [0.15, 0.2) is 0 Å². The van der Waals surface area contributed by atoms with Crippen LogP contribution in [-0.4, -0.2) is 41.2 Å². The van der Waals surface area contributed by atoms with Gasteiger partial charge in [0, 0.05) is 35.7 Å². The number of carbonyl (C=O) groups is 1. The van der Waals surface area contributed by atoms with Gasteiger partial charge in [-0.05, 0) is 43.7 Å². The minimum absolute atomic E-state index is 0.127. The maximum absolute atomic E-state index is 12.6. The van der Waals surface area contributed by atoms with Gasteiger partial charge >= 0.3 is 0 Å². The van der Waals surface area contributed by atoms with Crippen LogP contribution >= 0.6 is 11.3 Å². The van der Waals surface area contributed by atoms with Gasteiger partial charge in [0.25, 0.3) is 11.5 Å². The number of rotatable bonds is 6. The molecule has 3 aromatic rings. The van der Waals surface area contributed by atoms with Crippen LogP contribution in [0.2, 0.25) is 0 Å². The van der Waals surface area contributed by atoms with Crippen molar-refractivity contribution in [2.24, 2.45) is 7.05 Å². The van der Waals surface area contributed by atoms with Crippen LogP contribution in [0.15, 0.2) is 58.7 Å². The van der Waals surface area contributed by atoms with Crippen molar-refractivity contribution in [2.45, 2.75) is 6.04 Å². The molecule has 2 heterocycles. The molecular formula is C20H22N4O2S. The Morgan fingerprint density at radius 2 is 2.04 bits per heavy atom. The summed E-state index contributed by atoms with van der Waals surface area (Å²) in [7, 11) is 5.61. The van der Waals surface area contributed by atoms with Gasteiger partial charge in [-0.25, -0.2) is 4.68 Å². The topological polar surface area (TPSA) is 67.2 Å². The van der Waals surface area contributed by atoms with Gasteiger partial charge in [0.1, 0.15) is 0 Å². The van der Waals surface area contributed by atoms with Gasteiger partial charge < -0.3 is 10.2 Å². The number of thiophene rings is 1. The fraction of sp³-hybridized carbons (Fsp3) is 0.250. The number of benzene rings is 1. The van der Waals surface area contributed by atoms with Crippen LogP contribution in [-0.2, 0) is 7.05 Å². The molecular weight excluding hydrogens is 360 g/mol. The molecule has 0 saturated heterocycles. The van der Waals surface area contributed by atoms with Crippen LogP contribution in [0.5, 0.6) is 0 Å². The van der Waals surface area contributed by atoms with E-state index in [9.17, 15) is 9.59 Å². The van der Waals surface area contributed by atoms with E-state index in [1.54, 1.807) is 36.6 Å². The Hall–Kier alpha value is -2.77. The maximum atomic E-state index is 12.6. The summed E-state index contributed by atoms with van der Waals surface area (Å²) in [6.07, 6.45) is 0. The fourth-order valence-corrected chi connectivity index (χ4v) is 3.71. The molecule has 0 aliphatic carbocycles. The average molecular weight is 382 g/mol. The van der Waals surface area contributed by atoms with Crippen molar-refractivity contribution in [1.29, 1.82) is 0 Å². The number of hydrogen-bond acceptors (Lipinski definition) is 5. The Bertz CT molecular complexity index is 980. The van der Waals surface area contributed by atoms with Crippen molar-refractivity contribution >= 4 is 17.2 Å². The second kappa shape index (κ2) is 8.28. The summed E-state index contributed by atoms with van der Waals surface area (Å²) in [4.78, 5) is 27.5. The van der Waals surface area contributed by atoms with Crippen LogP contribution in [0, 0.1) is 0 Å². The van der Waals surface area contributed by atoms with E-state index in [4.69, 9.17) is 0 Å². The molecule has 0 fully saturated rings. The van der Waals surface area contributed by atoms with E-state index in [-0.39, 0.29) is 17.5 Å². The molecule has 0 aliphatic heterocycles. The summed E-state index contributed by atoms with van der Waals surface area (Å²) in [5.74, 6) is -0.134. The third-order valence-corrected chi connectivity index (χ3v) is 5.31. The molecule has 1 N–H and O–H groups in total. The quantitative estimate of drug-likeness (QED) is 0.711. The van der Waals surface area contributed by atoms with Crippen molar-refractivity contribution < 1.29 is 4.79 Å². The highest BCUT2D eigenvalue weighted by Gasteiger charge is 2.17. The summed E-state index contributed by atoms with van der Waals surface area (Å²) in [5, 5.41) is 9.30. The van der Waals surface area contributed by atoms with E-state index in [1.165, 1.54) is 15.6 Å². The highest BCUT2D eigenvalue weighted by atomic mass is 32.1. The Labute approximate surface area is 162 Å². The molecule has 6 nitrogen and oxygen atoms in total. The van der Waals surface area contributed by atoms with E-state index >= 15 is 0 Å². The zero-order chi connectivity index (χ0) is 19.4. The Kier molecular flexibility index (Phi) is 5.83. The van der Waals surface area contributed by atoms with Crippen molar-refractivity contribution in [2.75, 3.05) is 20.6 Å². The largest absolute Gasteiger partial charge is 0.350 e. The number of amides is 1. The smallest absolute Gasteiger partial charge is 0.266 e. The first-order valence-electron chi connectivity index (χ1n) is 8.58. The van der Waals surface area contributed by atoms with Crippen LogP contribution < -0.4 is 10.9 Å². The lowest BCUT2D eigenvalue weighted by atomic mass is 10.1. The van der Waals surface area contributed by atoms with E-state index < -0.39 is 0 Å². The van der Waals surface area contributed by atoms with E-state index in [0.29, 0.717) is 17.8 Å². The number of aryl methyl sites for hydroxylation is 1. The van der Waals surface area contributed by atoms with Crippen LogP contribution in [0.25, 0.3) is 11.3 Å². The fourth-order valence-electron chi connectivity index (χ4n) is 2.79. The summed E-state index contributed by atoms with van der Waals surface area (Å²) < 4.78 is 1.28. The van der Waals surface area contributed by atoms with Crippen molar-refractivity contribution in [3.63, 3.8) is 0 Å². The zero-order valence-electron chi connectivity index (χ0n) is 15.5. The lowest BCUT2D eigenvalue weighted by Crippen LogP contribution is -2.34. The van der Waals surface area contributed by atoms with E-state index in [2.05, 4.69) is 21.4 Å². The van der Waals surface area contributed by atoms with Gasteiger partial charge in [-0.3, -0.25) is 9.59 Å². The molecule has 27 heavy (non-hydrogen) atoms. The summed E-state index contributed by atoms with van der Waals surface area (Å²) in [6.45, 7) is 0.522. The third-order valence-electron chi connectivity index (χ3n) is 4.33. The number of carbonyl (C=O) groups excluding carboxylic acids is 1. The van der Waals surface area contributed by atoms with Gasteiger partial charge in [-0.1, -0.05) is 18.2 Å². The van der Waals surface area contributed by atoms with Crippen LogP contribution in [0.3, 0.4) is 0 Å². The molecule has 0 unspecified atom stereocenters. The number of aromatic nitrogens is 2. The summed E-state index contributed by atoms with van der Waals surface area (Å²) in [5.41, 5.74) is 1.83. The molecule has 0 spiro atoms. The molecule has 0 radical (unpaired) electrons. The summed E-state index contributed by atoms with van der Waals surface area (Å²) in [6, 6.07) is 14.6. The van der Waals surface area contributed by atoms with Crippen molar-refractivity contribution in [1.82, 2.24) is 20.0 Å². The van der Waals surface area contributed by atoms with Gasteiger partial charge in [0.05, 0.1) is 11.7 Å². The molecule has 7 heteroatoms. The minimum Gasteiger partial charge on any atom is -0.350 e. The lowest BCUT2D eigenvalue weighted by Gasteiger charge is -2.23. The van der Waals surface area contributed by atoms with Crippen molar-refractivity contribution in [3.8, 4) is 11.3 Å². The highest BCUT2D eigenvalue weighted by Crippen LogP contribution is 2.22. The maximum Gasteiger partial charge on any atom is 0.266 e. The van der Waals surface area contributed by atoms with Gasteiger partial charge in [0.2, 0.25) is 0 Å². The normalized spacial score (nSPS) is 12.1. The summed E-state index contributed by atoms with van der Waals surface area (Å²) >= 11 is 1.68. The number of nitrogens with one attached hydrogen (secondary N) is 1. The molecule has 0 bridgehead atoms. The van der Waals surface area contributed by atoms with E-state index in [1.807, 2.05) is 37.7 Å². The zero-order valence-corrected chi connectivity index (χ0v) is 16.4. The first kappa shape index (κ1) is 19.0. The van der Waals surface area contributed by atoms with Crippen LogP contribution in [0.4, 0.5) is 0 Å². The first-order valence-corrected chi connectivity index (χ1v) is 9.46. The molecule has 1 atom stereocenters. The molecule has 0 aliphatic rings. The molecule has 2 aromatic heterocycles. The molecule has 3 rings (SSSR count). The minimum atomic E-state index is -0.170. The molecule has 1 amide bonds. The monoisotopic (exact) mass is 382 g/mol.